The first-order valence-corrected chi connectivity index (χ1v) is 11.4. The third kappa shape index (κ3) is 1.86. The molecule has 0 saturated heterocycles. The molecule has 0 nitrogen and oxygen atoms in total. The van der Waals surface area contributed by atoms with Crippen molar-refractivity contribution in [2.45, 2.75) is 92.9 Å². The molecule has 0 spiro atoms. The standard InChI is InChI=1S/C25H40/c1-16(2)17-8-11-22(3)12-13-23(4)15-19-18(21(23)20(17)22)14-24(5)9-7-10-25(19,24)6/h15-18,20-21H,7-14H2,1-6H3/t17-,18+,20+,21?,22+,23-,24+,25-/m1/s1. The zero-order chi connectivity index (χ0) is 17.8. The molecule has 0 aliphatic heterocycles. The molecular formula is C25H40. The van der Waals surface area contributed by atoms with Crippen LogP contribution in [0.1, 0.15) is 92.9 Å². The number of hydrogen-bond acceptors (Lipinski definition) is 0. The Labute approximate surface area is 156 Å². The normalized spacial score (nSPS) is 59.6. The van der Waals surface area contributed by atoms with Crippen molar-refractivity contribution in [2.24, 2.45) is 51.2 Å². The van der Waals surface area contributed by atoms with Crippen LogP contribution < -0.4 is 0 Å². The van der Waals surface area contributed by atoms with Crippen molar-refractivity contribution in [1.29, 1.82) is 0 Å². The van der Waals surface area contributed by atoms with E-state index < -0.39 is 0 Å². The molecule has 0 heterocycles. The number of fused-ring (bicyclic) bond motifs is 7. The Kier molecular flexibility index (Phi) is 3.22. The van der Waals surface area contributed by atoms with Gasteiger partial charge in [0.05, 0.1) is 0 Å². The molecule has 0 aromatic carbocycles. The summed E-state index contributed by atoms with van der Waals surface area (Å²) >= 11 is 0. The fourth-order valence-corrected chi connectivity index (χ4v) is 9.29. The van der Waals surface area contributed by atoms with Gasteiger partial charge in [0.2, 0.25) is 0 Å². The van der Waals surface area contributed by atoms with Gasteiger partial charge in [-0.2, -0.15) is 0 Å². The Hall–Kier alpha value is -0.260. The van der Waals surface area contributed by atoms with Gasteiger partial charge in [-0.25, -0.2) is 0 Å². The van der Waals surface area contributed by atoms with E-state index in [1.54, 1.807) is 0 Å². The summed E-state index contributed by atoms with van der Waals surface area (Å²) in [6.45, 7) is 15.7. The Morgan fingerprint density at radius 1 is 0.920 bits per heavy atom. The Morgan fingerprint density at radius 3 is 2.40 bits per heavy atom. The molecule has 0 amide bonds. The van der Waals surface area contributed by atoms with Crippen molar-refractivity contribution in [3.8, 4) is 0 Å². The lowest BCUT2D eigenvalue weighted by molar-refractivity contribution is -0.0370. The van der Waals surface area contributed by atoms with E-state index in [1.165, 1.54) is 51.4 Å². The molecule has 5 rings (SSSR count). The first kappa shape index (κ1) is 16.9. The average Bonchev–Trinajstić information content (AvgIpc) is 3.16. The zero-order valence-electron chi connectivity index (χ0n) is 17.6. The Balaban J connectivity index is 1.61. The van der Waals surface area contributed by atoms with E-state index in [0.29, 0.717) is 21.7 Å². The Bertz CT molecular complexity index is 628. The van der Waals surface area contributed by atoms with E-state index in [2.05, 4.69) is 47.6 Å². The van der Waals surface area contributed by atoms with E-state index in [1.807, 2.05) is 5.57 Å². The van der Waals surface area contributed by atoms with Crippen LogP contribution >= 0.6 is 0 Å². The maximum Gasteiger partial charge on any atom is -0.00593 e. The highest BCUT2D eigenvalue weighted by atomic mass is 14.7. The van der Waals surface area contributed by atoms with Gasteiger partial charge in [0.1, 0.15) is 0 Å². The van der Waals surface area contributed by atoms with E-state index in [4.69, 9.17) is 0 Å². The van der Waals surface area contributed by atoms with Crippen molar-refractivity contribution < 1.29 is 0 Å². The summed E-state index contributed by atoms with van der Waals surface area (Å²) in [6, 6.07) is 0. The number of allylic oxidation sites excluding steroid dienone is 2. The minimum Gasteiger partial charge on any atom is -0.0782 e. The molecule has 0 radical (unpaired) electrons. The maximum absolute atomic E-state index is 2.88. The van der Waals surface area contributed by atoms with Crippen molar-refractivity contribution in [1.82, 2.24) is 0 Å². The van der Waals surface area contributed by atoms with Gasteiger partial charge in [-0.15, -0.1) is 0 Å². The van der Waals surface area contributed by atoms with Gasteiger partial charge in [-0.3, -0.25) is 0 Å². The van der Waals surface area contributed by atoms with Gasteiger partial charge < -0.3 is 0 Å². The SMILES string of the molecule is CC(C)[C@H]1CC[C@@]2(C)CC[C@]3(C)C=C4[C@H](C[C@]5(C)CCC[C@]45C)C3[C@H]12. The second-order valence-corrected chi connectivity index (χ2v) is 12.3. The topological polar surface area (TPSA) is 0 Å². The molecule has 4 saturated carbocycles. The van der Waals surface area contributed by atoms with Crippen molar-refractivity contribution >= 4 is 0 Å². The predicted molar refractivity (Wildman–Crippen MR) is 106 cm³/mol. The third-order valence-electron chi connectivity index (χ3n) is 10.9. The van der Waals surface area contributed by atoms with E-state index in [9.17, 15) is 0 Å². The summed E-state index contributed by atoms with van der Waals surface area (Å²) in [4.78, 5) is 0. The average molecular weight is 341 g/mol. The van der Waals surface area contributed by atoms with E-state index >= 15 is 0 Å². The van der Waals surface area contributed by atoms with E-state index in [0.717, 1.165) is 29.6 Å². The lowest BCUT2D eigenvalue weighted by atomic mass is 9.51. The van der Waals surface area contributed by atoms with Gasteiger partial charge in [0, 0.05) is 0 Å². The third-order valence-corrected chi connectivity index (χ3v) is 10.9. The van der Waals surface area contributed by atoms with Gasteiger partial charge in [-0.05, 0) is 96.2 Å². The minimum atomic E-state index is 0.509. The second kappa shape index (κ2) is 4.77. The van der Waals surface area contributed by atoms with Gasteiger partial charge in [-0.1, -0.05) is 59.6 Å². The van der Waals surface area contributed by atoms with Crippen molar-refractivity contribution in [3.05, 3.63) is 11.6 Å². The molecule has 0 N–H and O–H groups in total. The summed E-state index contributed by atoms with van der Waals surface area (Å²) in [5.74, 6) is 4.70. The van der Waals surface area contributed by atoms with Crippen LogP contribution in [0.25, 0.3) is 0 Å². The molecule has 0 aromatic heterocycles. The van der Waals surface area contributed by atoms with Crippen LogP contribution in [0.4, 0.5) is 0 Å². The molecule has 5 aliphatic rings. The van der Waals surface area contributed by atoms with Crippen molar-refractivity contribution in [2.75, 3.05) is 0 Å². The summed E-state index contributed by atoms with van der Waals surface area (Å²) in [5.41, 5.74) is 4.22. The molecule has 4 fully saturated rings. The van der Waals surface area contributed by atoms with Crippen LogP contribution in [-0.2, 0) is 0 Å². The molecule has 25 heavy (non-hydrogen) atoms. The summed E-state index contributed by atoms with van der Waals surface area (Å²) < 4.78 is 0. The van der Waals surface area contributed by atoms with Crippen molar-refractivity contribution in [3.63, 3.8) is 0 Å². The first-order valence-electron chi connectivity index (χ1n) is 11.4. The molecule has 140 valence electrons. The fraction of sp³-hybridized carbons (Fsp3) is 0.920. The highest BCUT2D eigenvalue weighted by Crippen LogP contribution is 2.77. The molecule has 8 atom stereocenters. The lowest BCUT2D eigenvalue weighted by Crippen LogP contribution is -2.47. The number of rotatable bonds is 1. The first-order chi connectivity index (χ1) is 11.6. The highest BCUT2D eigenvalue weighted by molar-refractivity contribution is 5.38. The summed E-state index contributed by atoms with van der Waals surface area (Å²) in [5, 5.41) is 0. The second-order valence-electron chi connectivity index (χ2n) is 12.3. The van der Waals surface area contributed by atoms with Crippen LogP contribution in [0.2, 0.25) is 0 Å². The summed E-state index contributed by atoms with van der Waals surface area (Å²) in [7, 11) is 0. The van der Waals surface area contributed by atoms with Gasteiger partial charge >= 0.3 is 0 Å². The predicted octanol–water partition coefficient (Wildman–Crippen LogP) is 7.25. The number of hydrogen-bond donors (Lipinski definition) is 0. The molecular weight excluding hydrogens is 300 g/mol. The fourth-order valence-electron chi connectivity index (χ4n) is 9.29. The van der Waals surface area contributed by atoms with Crippen LogP contribution in [0.15, 0.2) is 11.6 Å². The monoisotopic (exact) mass is 340 g/mol. The maximum atomic E-state index is 2.88. The molecule has 1 unspecified atom stereocenters. The molecule has 0 bridgehead atoms. The van der Waals surface area contributed by atoms with Crippen LogP contribution in [0, 0.1) is 51.2 Å². The minimum absolute atomic E-state index is 0.509. The molecule has 5 aliphatic carbocycles. The van der Waals surface area contributed by atoms with Crippen LogP contribution in [0.3, 0.4) is 0 Å². The van der Waals surface area contributed by atoms with Gasteiger partial charge in [0.15, 0.2) is 0 Å². The highest BCUT2D eigenvalue weighted by Gasteiger charge is 2.68. The van der Waals surface area contributed by atoms with Crippen LogP contribution in [0.5, 0.6) is 0 Å². The summed E-state index contributed by atoms with van der Waals surface area (Å²) in [6.07, 6.45) is 14.8. The smallest absolute Gasteiger partial charge is 0.00593 e. The van der Waals surface area contributed by atoms with Gasteiger partial charge in [0.25, 0.3) is 0 Å². The quantitative estimate of drug-likeness (QED) is 0.441. The van der Waals surface area contributed by atoms with Crippen LogP contribution in [-0.4, -0.2) is 0 Å². The molecule has 0 heteroatoms. The Morgan fingerprint density at radius 2 is 1.68 bits per heavy atom. The van der Waals surface area contributed by atoms with E-state index in [-0.39, 0.29) is 0 Å². The lowest BCUT2D eigenvalue weighted by Gasteiger charge is -2.53. The largest absolute Gasteiger partial charge is 0.0782 e. The molecule has 0 aromatic rings. The zero-order valence-corrected chi connectivity index (χ0v) is 17.6.